The number of aliphatic hydroxyl groups excluding tert-OH is 1. The number of nitrogens with zero attached hydrogens (tertiary/aromatic N) is 1. The number of non-ortho nitro benzene ring substituents is 1. The van der Waals surface area contributed by atoms with E-state index in [4.69, 9.17) is 4.74 Å². The Morgan fingerprint density at radius 1 is 1.50 bits per heavy atom. The summed E-state index contributed by atoms with van der Waals surface area (Å²) in [5.41, 5.74) is 0.0711. The van der Waals surface area contributed by atoms with E-state index in [1.807, 2.05) is 0 Å². The zero-order chi connectivity index (χ0) is 12.0. The molecule has 0 aliphatic rings. The zero-order valence-electron chi connectivity index (χ0n) is 8.83. The van der Waals surface area contributed by atoms with Crippen LogP contribution in [0, 0.1) is 10.1 Å². The van der Waals surface area contributed by atoms with Gasteiger partial charge in [0.15, 0.2) is 0 Å². The highest BCUT2D eigenvalue weighted by molar-refractivity contribution is 7.99. The van der Waals surface area contributed by atoms with Gasteiger partial charge >= 0.3 is 0 Å². The minimum atomic E-state index is -0.523. The summed E-state index contributed by atoms with van der Waals surface area (Å²) >= 11 is 1.44. The summed E-state index contributed by atoms with van der Waals surface area (Å²) in [7, 11) is 1.53. The van der Waals surface area contributed by atoms with E-state index in [0.29, 0.717) is 12.4 Å². The molecule has 0 radical (unpaired) electrons. The molecule has 0 spiro atoms. The van der Waals surface area contributed by atoms with Crippen molar-refractivity contribution in [3.63, 3.8) is 0 Å². The third kappa shape index (κ3) is 4.18. The Kier molecular flexibility index (Phi) is 5.24. The van der Waals surface area contributed by atoms with Gasteiger partial charge in [-0.25, -0.2) is 0 Å². The van der Waals surface area contributed by atoms with Crippen molar-refractivity contribution < 1.29 is 14.8 Å². The first-order valence-electron chi connectivity index (χ1n) is 4.67. The van der Waals surface area contributed by atoms with Gasteiger partial charge in [0.2, 0.25) is 0 Å². The molecule has 1 N–H and O–H groups in total. The van der Waals surface area contributed by atoms with Gasteiger partial charge < -0.3 is 9.84 Å². The summed E-state index contributed by atoms with van der Waals surface area (Å²) in [5, 5.41) is 19.8. The molecule has 1 aromatic carbocycles. The van der Waals surface area contributed by atoms with Crippen molar-refractivity contribution in [3.05, 3.63) is 34.4 Å². The minimum absolute atomic E-state index is 0.0711. The van der Waals surface area contributed by atoms with Crippen LogP contribution in [0.2, 0.25) is 0 Å². The van der Waals surface area contributed by atoms with Crippen molar-refractivity contribution in [2.45, 2.75) is 11.0 Å². The van der Waals surface area contributed by atoms with Gasteiger partial charge in [-0.3, -0.25) is 10.1 Å². The van der Waals surface area contributed by atoms with Gasteiger partial charge in [-0.05, 0) is 12.1 Å². The maximum atomic E-state index is 10.4. The molecule has 1 unspecified atom stereocenters. The number of benzene rings is 1. The lowest BCUT2D eigenvalue weighted by Crippen LogP contribution is -2.16. The molecule has 0 saturated carbocycles. The summed E-state index contributed by atoms with van der Waals surface area (Å²) in [5.74, 6) is 0.506. The summed E-state index contributed by atoms with van der Waals surface area (Å²) in [6.07, 6.45) is -0.523. The lowest BCUT2D eigenvalue weighted by atomic mass is 10.3. The molecule has 88 valence electrons. The van der Waals surface area contributed by atoms with Crippen LogP contribution in [0.25, 0.3) is 0 Å². The summed E-state index contributed by atoms with van der Waals surface area (Å²) in [4.78, 5) is 10.9. The van der Waals surface area contributed by atoms with Crippen LogP contribution in [-0.4, -0.2) is 35.6 Å². The molecule has 0 bridgehead atoms. The quantitative estimate of drug-likeness (QED) is 0.467. The smallest absolute Gasteiger partial charge is 0.269 e. The van der Waals surface area contributed by atoms with Crippen LogP contribution in [0.1, 0.15) is 0 Å². The Labute approximate surface area is 97.6 Å². The topological polar surface area (TPSA) is 72.6 Å². The average molecular weight is 243 g/mol. The van der Waals surface area contributed by atoms with E-state index in [1.54, 1.807) is 12.1 Å². The normalized spacial score (nSPS) is 12.4. The second-order valence-electron chi connectivity index (χ2n) is 3.17. The van der Waals surface area contributed by atoms with Gasteiger partial charge in [0, 0.05) is 29.9 Å². The lowest BCUT2D eigenvalue weighted by Gasteiger charge is -2.08. The predicted molar refractivity (Wildman–Crippen MR) is 61.7 cm³/mol. The van der Waals surface area contributed by atoms with Gasteiger partial charge in [-0.1, -0.05) is 0 Å². The van der Waals surface area contributed by atoms with Crippen LogP contribution < -0.4 is 0 Å². The molecule has 0 saturated heterocycles. The lowest BCUT2D eigenvalue weighted by molar-refractivity contribution is -0.384. The number of nitro benzene ring substituents is 1. The fourth-order valence-corrected chi connectivity index (χ4v) is 1.91. The molecule has 0 fully saturated rings. The standard InChI is InChI=1S/C10H13NO4S/c1-15-6-9(12)7-16-10-4-2-8(3-5-10)11(13)14/h2-5,9,12H,6-7H2,1H3. The number of hydrogen-bond acceptors (Lipinski definition) is 5. The summed E-state index contributed by atoms with van der Waals surface area (Å²) in [6, 6.07) is 6.24. The van der Waals surface area contributed by atoms with Crippen LogP contribution in [0.5, 0.6) is 0 Å². The van der Waals surface area contributed by atoms with Gasteiger partial charge in [0.25, 0.3) is 5.69 Å². The highest BCUT2D eigenvalue weighted by atomic mass is 32.2. The highest BCUT2D eigenvalue weighted by Gasteiger charge is 2.07. The highest BCUT2D eigenvalue weighted by Crippen LogP contribution is 2.21. The van der Waals surface area contributed by atoms with Gasteiger partial charge in [-0.2, -0.15) is 0 Å². The fraction of sp³-hybridized carbons (Fsp3) is 0.400. The predicted octanol–water partition coefficient (Wildman–Crippen LogP) is 1.69. The van der Waals surface area contributed by atoms with Crippen LogP contribution >= 0.6 is 11.8 Å². The number of aliphatic hydroxyl groups is 1. The Morgan fingerprint density at radius 3 is 2.62 bits per heavy atom. The monoisotopic (exact) mass is 243 g/mol. The van der Waals surface area contributed by atoms with Crippen LogP contribution in [0.4, 0.5) is 5.69 Å². The van der Waals surface area contributed by atoms with Crippen molar-refractivity contribution >= 4 is 17.4 Å². The molecule has 16 heavy (non-hydrogen) atoms. The third-order valence-corrected chi connectivity index (χ3v) is 3.01. The van der Waals surface area contributed by atoms with Gasteiger partial charge in [0.1, 0.15) is 0 Å². The van der Waals surface area contributed by atoms with Crippen molar-refractivity contribution in [1.29, 1.82) is 0 Å². The first-order chi connectivity index (χ1) is 7.63. The van der Waals surface area contributed by atoms with Crippen molar-refractivity contribution in [2.24, 2.45) is 0 Å². The number of rotatable bonds is 6. The molecule has 1 rings (SSSR count). The van der Waals surface area contributed by atoms with E-state index in [1.165, 1.54) is 31.0 Å². The molecular formula is C10H13NO4S. The maximum Gasteiger partial charge on any atom is 0.269 e. The van der Waals surface area contributed by atoms with E-state index in [9.17, 15) is 15.2 Å². The summed E-state index contributed by atoms with van der Waals surface area (Å²) < 4.78 is 4.79. The van der Waals surface area contributed by atoms with Crippen LogP contribution in [0.15, 0.2) is 29.2 Å². The largest absolute Gasteiger partial charge is 0.390 e. The number of ether oxygens (including phenoxy) is 1. The Balaban J connectivity index is 2.46. The molecule has 0 heterocycles. The number of nitro groups is 1. The van der Waals surface area contributed by atoms with Gasteiger partial charge in [0.05, 0.1) is 17.6 Å². The molecule has 0 aliphatic carbocycles. The van der Waals surface area contributed by atoms with E-state index >= 15 is 0 Å². The average Bonchev–Trinajstić information content (AvgIpc) is 2.27. The van der Waals surface area contributed by atoms with E-state index in [0.717, 1.165) is 4.90 Å². The van der Waals surface area contributed by atoms with E-state index in [2.05, 4.69) is 0 Å². The van der Waals surface area contributed by atoms with Gasteiger partial charge in [-0.15, -0.1) is 11.8 Å². The number of methoxy groups -OCH3 is 1. The number of thioether (sulfide) groups is 1. The minimum Gasteiger partial charge on any atom is -0.390 e. The first kappa shape index (κ1) is 13.0. The molecule has 1 aromatic rings. The SMILES string of the molecule is COCC(O)CSc1ccc([N+](=O)[O-])cc1. The molecule has 5 nitrogen and oxygen atoms in total. The second kappa shape index (κ2) is 6.47. The molecular weight excluding hydrogens is 230 g/mol. The Morgan fingerprint density at radius 2 is 2.12 bits per heavy atom. The molecule has 0 amide bonds. The Bertz CT molecular complexity index is 341. The Hall–Kier alpha value is -1.11. The molecule has 1 atom stereocenters. The first-order valence-corrected chi connectivity index (χ1v) is 5.66. The van der Waals surface area contributed by atoms with Crippen LogP contribution in [-0.2, 0) is 4.74 Å². The van der Waals surface area contributed by atoms with E-state index < -0.39 is 11.0 Å². The summed E-state index contributed by atoms with van der Waals surface area (Å²) in [6.45, 7) is 0.292. The van der Waals surface area contributed by atoms with Crippen LogP contribution in [0.3, 0.4) is 0 Å². The molecule has 0 aromatic heterocycles. The molecule has 0 aliphatic heterocycles. The van der Waals surface area contributed by atoms with Crippen molar-refractivity contribution in [1.82, 2.24) is 0 Å². The zero-order valence-corrected chi connectivity index (χ0v) is 9.64. The van der Waals surface area contributed by atoms with E-state index in [-0.39, 0.29) is 5.69 Å². The molecule has 6 heteroatoms. The van der Waals surface area contributed by atoms with Crippen molar-refractivity contribution in [2.75, 3.05) is 19.5 Å². The van der Waals surface area contributed by atoms with Crippen molar-refractivity contribution in [3.8, 4) is 0 Å². The number of hydrogen-bond donors (Lipinski definition) is 1. The third-order valence-electron chi connectivity index (χ3n) is 1.85. The second-order valence-corrected chi connectivity index (χ2v) is 4.26. The fourth-order valence-electron chi connectivity index (χ4n) is 1.10. The maximum absolute atomic E-state index is 10.4.